The van der Waals surface area contributed by atoms with E-state index >= 15 is 0 Å². The van der Waals surface area contributed by atoms with Crippen LogP contribution >= 0.6 is 0 Å². The molecule has 0 spiro atoms. The summed E-state index contributed by atoms with van der Waals surface area (Å²) in [5.74, 6) is -2.02. The Hall–Kier alpha value is -1.72. The summed E-state index contributed by atoms with van der Waals surface area (Å²) in [6, 6.07) is 0. The van der Waals surface area contributed by atoms with Gasteiger partial charge in [-0.05, 0) is 12.8 Å². The van der Waals surface area contributed by atoms with E-state index in [4.69, 9.17) is 21.3 Å². The highest BCUT2D eigenvalue weighted by atomic mass is 16.7. The number of nitrogens with one attached hydrogen (secondary N) is 1. The number of rotatable bonds is 7. The van der Waals surface area contributed by atoms with Crippen LogP contribution in [0.5, 0.6) is 0 Å². The number of aromatic amines is 1. The van der Waals surface area contributed by atoms with Gasteiger partial charge in [-0.25, -0.2) is 4.98 Å². The van der Waals surface area contributed by atoms with Crippen molar-refractivity contribution in [2.24, 2.45) is 5.73 Å². The van der Waals surface area contributed by atoms with Crippen molar-refractivity contribution in [3.05, 3.63) is 11.5 Å². The lowest BCUT2D eigenvalue weighted by Gasteiger charge is -2.25. The minimum atomic E-state index is -1.90. The van der Waals surface area contributed by atoms with Crippen molar-refractivity contribution in [3.8, 4) is 0 Å². The zero-order valence-corrected chi connectivity index (χ0v) is 12.5. The van der Waals surface area contributed by atoms with Crippen molar-refractivity contribution in [1.29, 1.82) is 0 Å². The maximum atomic E-state index is 11.0. The van der Waals surface area contributed by atoms with Crippen LogP contribution in [0.4, 0.5) is 5.82 Å². The number of nitrogens with zero attached hydrogens (tertiary/aromatic N) is 1. The number of nitrogen functional groups attached to an aromatic ring is 1. The Kier molecular flexibility index (Phi) is 5.22. The molecule has 130 valence electrons. The molecule has 2 rings (SSSR count). The van der Waals surface area contributed by atoms with E-state index in [1.807, 2.05) is 0 Å². The van der Waals surface area contributed by atoms with Crippen LogP contribution in [0, 0.1) is 0 Å². The van der Waals surface area contributed by atoms with Gasteiger partial charge >= 0.3 is 0 Å². The lowest BCUT2D eigenvalue weighted by molar-refractivity contribution is -0.234. The predicted octanol–water partition coefficient (Wildman–Crippen LogP) is -2.39. The molecule has 0 radical (unpaired) electrons. The Balaban J connectivity index is 1.83. The van der Waals surface area contributed by atoms with Crippen molar-refractivity contribution < 1.29 is 30.0 Å². The number of H-pyrrole nitrogens is 1. The van der Waals surface area contributed by atoms with E-state index < -0.39 is 36.6 Å². The van der Waals surface area contributed by atoms with E-state index in [1.165, 1.54) is 0 Å². The number of hydrogen-bond donors (Lipinski definition) is 7. The third kappa shape index (κ3) is 3.62. The van der Waals surface area contributed by atoms with Crippen LogP contribution in [0.3, 0.4) is 0 Å². The molecule has 1 aromatic heterocycles. The molecule has 0 unspecified atom stereocenters. The molecular formula is C13H22N4O6. The Morgan fingerprint density at radius 2 is 2.09 bits per heavy atom. The van der Waals surface area contributed by atoms with Crippen LogP contribution in [-0.2, 0) is 11.2 Å². The van der Waals surface area contributed by atoms with E-state index in [1.54, 1.807) is 0 Å². The van der Waals surface area contributed by atoms with Crippen LogP contribution < -0.4 is 11.5 Å². The van der Waals surface area contributed by atoms with Crippen molar-refractivity contribution in [1.82, 2.24) is 9.97 Å². The zero-order chi connectivity index (χ0) is 17.2. The second kappa shape index (κ2) is 6.81. The Morgan fingerprint density at radius 3 is 2.61 bits per heavy atom. The molecule has 1 saturated heterocycles. The van der Waals surface area contributed by atoms with E-state index in [0.29, 0.717) is 25.1 Å². The van der Waals surface area contributed by atoms with Gasteiger partial charge in [0.25, 0.3) is 5.91 Å². The van der Waals surface area contributed by atoms with Gasteiger partial charge in [0.2, 0.25) is 0 Å². The average molecular weight is 330 g/mol. The molecule has 4 atom stereocenters. The van der Waals surface area contributed by atoms with E-state index in [2.05, 4.69) is 9.97 Å². The number of ether oxygens (including phenoxy) is 1. The number of nitrogens with two attached hydrogens (primary N) is 2. The largest absolute Gasteiger partial charge is 0.394 e. The monoisotopic (exact) mass is 330 g/mol. The molecule has 10 nitrogen and oxygen atoms in total. The van der Waals surface area contributed by atoms with Crippen LogP contribution in [-0.4, -0.2) is 67.0 Å². The van der Waals surface area contributed by atoms with Crippen molar-refractivity contribution in [2.75, 3.05) is 12.3 Å². The second-order valence-corrected chi connectivity index (χ2v) is 5.64. The first kappa shape index (κ1) is 17.6. The number of aryl methyl sites for hydroxylation is 1. The summed E-state index contributed by atoms with van der Waals surface area (Å²) in [4.78, 5) is 17.8. The summed E-state index contributed by atoms with van der Waals surface area (Å²) < 4.78 is 5.13. The summed E-state index contributed by atoms with van der Waals surface area (Å²) in [6.07, 6.45) is -2.31. The number of aliphatic hydroxyl groups excluding tert-OH is 3. The van der Waals surface area contributed by atoms with E-state index in [9.17, 15) is 20.1 Å². The molecule has 10 heteroatoms. The molecule has 0 bridgehead atoms. The van der Waals surface area contributed by atoms with Gasteiger partial charge in [0.1, 0.15) is 30.0 Å². The molecule has 1 aliphatic rings. The standard InChI is InChI=1S/C13H22N4O6/c14-11-8(12(15)21)16-7(17-11)3-1-2-4-13(22)10(20)9(19)6(5-18)23-13/h6,9-10,18-20,22H,1-5,14H2,(H2,15,21)(H,16,17)/t6-,9-,10-,13-/m1/s1. The zero-order valence-electron chi connectivity index (χ0n) is 12.5. The number of unbranched alkanes of at least 4 members (excludes halogenated alkanes) is 1. The number of carbonyl (C=O) groups is 1. The van der Waals surface area contributed by atoms with Crippen molar-refractivity contribution in [3.63, 3.8) is 0 Å². The second-order valence-electron chi connectivity index (χ2n) is 5.64. The predicted molar refractivity (Wildman–Crippen MR) is 78.0 cm³/mol. The summed E-state index contributed by atoms with van der Waals surface area (Å²) >= 11 is 0. The average Bonchev–Trinajstić information content (AvgIpc) is 2.97. The summed E-state index contributed by atoms with van der Waals surface area (Å²) in [7, 11) is 0. The number of aliphatic hydroxyl groups is 4. The first-order chi connectivity index (χ1) is 10.8. The van der Waals surface area contributed by atoms with Gasteiger partial charge in [0.05, 0.1) is 6.61 Å². The maximum absolute atomic E-state index is 11.0. The van der Waals surface area contributed by atoms with Crippen molar-refractivity contribution >= 4 is 11.7 Å². The molecule has 1 amide bonds. The first-order valence-electron chi connectivity index (χ1n) is 7.30. The number of amides is 1. The minimum Gasteiger partial charge on any atom is -0.394 e. The maximum Gasteiger partial charge on any atom is 0.271 e. The lowest BCUT2D eigenvalue weighted by atomic mass is 9.99. The Labute approximate surface area is 132 Å². The summed E-state index contributed by atoms with van der Waals surface area (Å²) in [6.45, 7) is -0.498. The first-order valence-corrected chi connectivity index (χ1v) is 7.30. The molecule has 2 heterocycles. The molecular weight excluding hydrogens is 308 g/mol. The number of carbonyl (C=O) groups excluding carboxylic acids is 1. The summed E-state index contributed by atoms with van der Waals surface area (Å²) in [5, 5.41) is 38.7. The molecule has 1 fully saturated rings. The molecule has 0 aromatic carbocycles. The fourth-order valence-corrected chi connectivity index (χ4v) is 2.64. The number of anilines is 1. The molecule has 1 aliphatic heterocycles. The Bertz CT molecular complexity index is 565. The van der Waals surface area contributed by atoms with E-state index in [0.717, 1.165) is 0 Å². The SMILES string of the molecule is NC(=O)c1nc(CCCC[C@@]2(O)O[C@H](CO)[C@@H](O)[C@H]2O)[nH]c1N. The molecule has 9 N–H and O–H groups in total. The fraction of sp³-hybridized carbons (Fsp3) is 0.692. The van der Waals surface area contributed by atoms with Gasteiger partial charge in [-0.1, -0.05) is 0 Å². The highest BCUT2D eigenvalue weighted by Gasteiger charge is 2.52. The van der Waals surface area contributed by atoms with E-state index in [-0.39, 0.29) is 17.9 Å². The fourth-order valence-electron chi connectivity index (χ4n) is 2.64. The molecule has 23 heavy (non-hydrogen) atoms. The van der Waals surface area contributed by atoms with Crippen LogP contribution in [0.15, 0.2) is 0 Å². The number of primary amides is 1. The number of hydrogen-bond acceptors (Lipinski definition) is 8. The van der Waals surface area contributed by atoms with Gasteiger partial charge < -0.3 is 41.6 Å². The Morgan fingerprint density at radius 1 is 1.39 bits per heavy atom. The van der Waals surface area contributed by atoms with Gasteiger partial charge in [0.15, 0.2) is 11.5 Å². The van der Waals surface area contributed by atoms with Crippen LogP contribution in [0.1, 0.15) is 35.6 Å². The van der Waals surface area contributed by atoms with Gasteiger partial charge in [-0.2, -0.15) is 0 Å². The van der Waals surface area contributed by atoms with Gasteiger partial charge in [-0.3, -0.25) is 4.79 Å². The summed E-state index contributed by atoms with van der Waals surface area (Å²) in [5.41, 5.74) is 10.7. The number of imidazole rings is 1. The molecule has 0 aliphatic carbocycles. The normalized spacial score (nSPS) is 30.7. The van der Waals surface area contributed by atoms with Gasteiger partial charge in [-0.15, -0.1) is 0 Å². The van der Waals surface area contributed by atoms with Crippen LogP contribution in [0.2, 0.25) is 0 Å². The molecule has 1 aromatic rings. The third-order valence-electron chi connectivity index (χ3n) is 3.91. The molecule has 0 saturated carbocycles. The van der Waals surface area contributed by atoms with Gasteiger partial charge in [0, 0.05) is 12.8 Å². The minimum absolute atomic E-state index is 0.0120. The topological polar surface area (TPSA) is 188 Å². The lowest BCUT2D eigenvalue weighted by Crippen LogP contribution is -2.43. The highest BCUT2D eigenvalue weighted by molar-refractivity contribution is 5.95. The smallest absolute Gasteiger partial charge is 0.271 e. The quantitative estimate of drug-likeness (QED) is 0.269. The third-order valence-corrected chi connectivity index (χ3v) is 3.91. The number of aromatic nitrogens is 2. The van der Waals surface area contributed by atoms with Crippen LogP contribution in [0.25, 0.3) is 0 Å². The highest BCUT2D eigenvalue weighted by Crippen LogP contribution is 2.33. The van der Waals surface area contributed by atoms with Crippen molar-refractivity contribution in [2.45, 2.75) is 49.8 Å².